The number of rotatable bonds is 9. The van der Waals surface area contributed by atoms with Crippen molar-refractivity contribution >= 4 is 15.9 Å². The molecule has 0 saturated heterocycles. The standard InChI is InChI=1S/C20H26N2O5S/c1-5-6-11-27-18-10-8-16(13-19(18)26-4)20(23)21-22-28(24,25)17-9-7-14(2)15(3)12-17/h7-10,12-13,22H,5-6,11H2,1-4H3,(H,21,23). The van der Waals surface area contributed by atoms with Crippen LogP contribution >= 0.6 is 0 Å². The quantitative estimate of drug-likeness (QED) is 0.493. The lowest BCUT2D eigenvalue weighted by molar-refractivity contribution is 0.0944. The second kappa shape index (κ2) is 9.57. The molecule has 0 atom stereocenters. The van der Waals surface area contributed by atoms with Gasteiger partial charge in [0.15, 0.2) is 11.5 Å². The van der Waals surface area contributed by atoms with Crippen LogP contribution in [0.3, 0.4) is 0 Å². The maximum atomic E-state index is 12.4. The number of hydrogen-bond acceptors (Lipinski definition) is 5. The van der Waals surface area contributed by atoms with Gasteiger partial charge in [-0.15, -0.1) is 4.83 Å². The summed E-state index contributed by atoms with van der Waals surface area (Å²) < 4.78 is 35.7. The molecule has 8 heteroatoms. The molecular weight excluding hydrogens is 380 g/mol. The minimum absolute atomic E-state index is 0.0770. The van der Waals surface area contributed by atoms with Gasteiger partial charge in [-0.25, -0.2) is 8.42 Å². The van der Waals surface area contributed by atoms with Crippen molar-refractivity contribution in [3.63, 3.8) is 0 Å². The van der Waals surface area contributed by atoms with Gasteiger partial charge in [-0.3, -0.25) is 10.2 Å². The van der Waals surface area contributed by atoms with E-state index in [0.717, 1.165) is 24.0 Å². The third-order valence-corrected chi connectivity index (χ3v) is 5.51. The molecule has 0 aliphatic rings. The van der Waals surface area contributed by atoms with Gasteiger partial charge < -0.3 is 9.47 Å². The lowest BCUT2D eigenvalue weighted by Gasteiger charge is -2.13. The molecule has 0 aromatic heterocycles. The van der Waals surface area contributed by atoms with Gasteiger partial charge in [0, 0.05) is 5.56 Å². The summed E-state index contributed by atoms with van der Waals surface area (Å²) >= 11 is 0. The van der Waals surface area contributed by atoms with Gasteiger partial charge in [0.2, 0.25) is 0 Å². The molecule has 2 rings (SSSR count). The summed E-state index contributed by atoms with van der Waals surface area (Å²) in [6.07, 6.45) is 1.91. The average Bonchev–Trinajstić information content (AvgIpc) is 2.68. The molecule has 0 radical (unpaired) electrons. The summed E-state index contributed by atoms with van der Waals surface area (Å²) in [7, 11) is -2.40. The molecule has 2 aromatic carbocycles. The van der Waals surface area contributed by atoms with E-state index in [1.165, 1.54) is 19.2 Å². The molecule has 2 N–H and O–H groups in total. The minimum atomic E-state index is -3.88. The third-order valence-electron chi connectivity index (χ3n) is 4.27. The molecule has 0 heterocycles. The minimum Gasteiger partial charge on any atom is -0.493 e. The first kappa shape index (κ1) is 21.7. The number of aryl methyl sites for hydroxylation is 2. The van der Waals surface area contributed by atoms with Gasteiger partial charge in [0.05, 0.1) is 18.6 Å². The predicted molar refractivity (Wildman–Crippen MR) is 107 cm³/mol. The van der Waals surface area contributed by atoms with Crippen molar-refractivity contribution in [3.8, 4) is 11.5 Å². The third kappa shape index (κ3) is 5.46. The summed E-state index contributed by atoms with van der Waals surface area (Å²) in [5.41, 5.74) is 4.29. The fraction of sp³-hybridized carbons (Fsp3) is 0.350. The highest BCUT2D eigenvalue weighted by atomic mass is 32.2. The molecular formula is C20H26N2O5S. The SMILES string of the molecule is CCCCOc1ccc(C(=O)NNS(=O)(=O)c2ccc(C)c(C)c2)cc1OC. The zero-order valence-electron chi connectivity index (χ0n) is 16.5. The van der Waals surface area contributed by atoms with Crippen molar-refractivity contribution in [2.45, 2.75) is 38.5 Å². The Morgan fingerprint density at radius 3 is 2.43 bits per heavy atom. The van der Waals surface area contributed by atoms with E-state index in [1.54, 1.807) is 24.3 Å². The Bertz CT molecular complexity index is 942. The van der Waals surface area contributed by atoms with E-state index in [-0.39, 0.29) is 10.5 Å². The fourth-order valence-electron chi connectivity index (χ4n) is 2.38. The largest absolute Gasteiger partial charge is 0.493 e. The number of unbranched alkanes of at least 4 members (excludes halogenated alkanes) is 1. The molecule has 1 amide bonds. The van der Waals surface area contributed by atoms with Crippen LogP contribution < -0.4 is 19.7 Å². The highest BCUT2D eigenvalue weighted by molar-refractivity contribution is 7.89. The Morgan fingerprint density at radius 1 is 1.04 bits per heavy atom. The molecule has 0 spiro atoms. The average molecular weight is 407 g/mol. The molecule has 28 heavy (non-hydrogen) atoms. The number of hydrogen-bond donors (Lipinski definition) is 2. The number of benzene rings is 2. The lowest BCUT2D eigenvalue weighted by Crippen LogP contribution is -2.41. The first-order valence-electron chi connectivity index (χ1n) is 8.98. The number of nitrogens with one attached hydrogen (secondary N) is 2. The van der Waals surface area contributed by atoms with Crippen LogP contribution in [0.15, 0.2) is 41.3 Å². The lowest BCUT2D eigenvalue weighted by atomic mass is 10.1. The second-order valence-corrected chi connectivity index (χ2v) is 8.06. The van der Waals surface area contributed by atoms with Crippen LogP contribution in [0.4, 0.5) is 0 Å². The van der Waals surface area contributed by atoms with E-state index in [2.05, 4.69) is 17.2 Å². The molecule has 0 fully saturated rings. The van der Waals surface area contributed by atoms with Crippen LogP contribution in [0, 0.1) is 13.8 Å². The Morgan fingerprint density at radius 2 is 1.79 bits per heavy atom. The van der Waals surface area contributed by atoms with Crippen molar-refractivity contribution in [1.82, 2.24) is 10.3 Å². The zero-order chi connectivity index (χ0) is 20.7. The number of carbonyl (C=O) groups is 1. The fourth-order valence-corrected chi connectivity index (χ4v) is 3.30. The molecule has 7 nitrogen and oxygen atoms in total. The maximum absolute atomic E-state index is 12.4. The summed E-state index contributed by atoms with van der Waals surface area (Å²) in [6, 6.07) is 9.43. The molecule has 152 valence electrons. The smallest absolute Gasteiger partial charge is 0.266 e. The van der Waals surface area contributed by atoms with Crippen molar-refractivity contribution < 1.29 is 22.7 Å². The van der Waals surface area contributed by atoms with E-state index in [4.69, 9.17) is 9.47 Å². The van der Waals surface area contributed by atoms with Crippen LogP contribution in [0.2, 0.25) is 0 Å². The van der Waals surface area contributed by atoms with E-state index in [0.29, 0.717) is 18.1 Å². The number of methoxy groups -OCH3 is 1. The molecule has 0 saturated carbocycles. The normalized spacial score (nSPS) is 11.1. The molecule has 0 bridgehead atoms. The van der Waals surface area contributed by atoms with Crippen LogP contribution in [0.1, 0.15) is 41.3 Å². The number of ether oxygens (including phenoxy) is 2. The van der Waals surface area contributed by atoms with E-state index in [1.807, 2.05) is 13.8 Å². The van der Waals surface area contributed by atoms with Crippen molar-refractivity contribution in [2.75, 3.05) is 13.7 Å². The predicted octanol–water partition coefficient (Wildman–Crippen LogP) is 3.11. The second-order valence-electron chi connectivity index (χ2n) is 6.37. The Hall–Kier alpha value is -2.58. The number of hydrazine groups is 1. The number of amides is 1. The number of sulfonamides is 1. The van der Waals surface area contributed by atoms with Crippen LogP contribution in [0.25, 0.3) is 0 Å². The van der Waals surface area contributed by atoms with Gasteiger partial charge in [0.1, 0.15) is 0 Å². The van der Waals surface area contributed by atoms with E-state index >= 15 is 0 Å². The van der Waals surface area contributed by atoms with Gasteiger partial charge >= 0.3 is 0 Å². The van der Waals surface area contributed by atoms with Crippen LogP contribution in [-0.4, -0.2) is 28.0 Å². The van der Waals surface area contributed by atoms with E-state index in [9.17, 15) is 13.2 Å². The van der Waals surface area contributed by atoms with Crippen LogP contribution in [0.5, 0.6) is 11.5 Å². The van der Waals surface area contributed by atoms with Crippen molar-refractivity contribution in [1.29, 1.82) is 0 Å². The van der Waals surface area contributed by atoms with Crippen molar-refractivity contribution in [3.05, 3.63) is 53.1 Å². The van der Waals surface area contributed by atoms with Gasteiger partial charge in [0.25, 0.3) is 15.9 Å². The highest BCUT2D eigenvalue weighted by Crippen LogP contribution is 2.28. The number of carbonyl (C=O) groups excluding carboxylic acids is 1. The monoisotopic (exact) mass is 406 g/mol. The first-order chi connectivity index (χ1) is 13.3. The molecule has 0 aliphatic carbocycles. The Labute approximate surface area is 166 Å². The molecule has 2 aromatic rings. The van der Waals surface area contributed by atoms with E-state index < -0.39 is 15.9 Å². The maximum Gasteiger partial charge on any atom is 0.266 e. The molecule has 0 unspecified atom stereocenters. The topological polar surface area (TPSA) is 93.7 Å². The Kier molecular flexibility index (Phi) is 7.42. The van der Waals surface area contributed by atoms with Gasteiger partial charge in [-0.1, -0.05) is 19.4 Å². The highest BCUT2D eigenvalue weighted by Gasteiger charge is 2.17. The molecule has 0 aliphatic heterocycles. The summed E-state index contributed by atoms with van der Waals surface area (Å²) in [6.45, 7) is 6.33. The Balaban J connectivity index is 2.08. The van der Waals surface area contributed by atoms with Crippen molar-refractivity contribution in [2.24, 2.45) is 0 Å². The van der Waals surface area contributed by atoms with Crippen LogP contribution in [-0.2, 0) is 10.0 Å². The van der Waals surface area contributed by atoms with Gasteiger partial charge in [-0.2, -0.15) is 0 Å². The van der Waals surface area contributed by atoms with Gasteiger partial charge in [-0.05, 0) is 61.7 Å². The summed E-state index contributed by atoms with van der Waals surface area (Å²) in [5, 5.41) is 0. The first-order valence-corrected chi connectivity index (χ1v) is 10.5. The summed E-state index contributed by atoms with van der Waals surface area (Å²) in [5.74, 6) is 0.329. The zero-order valence-corrected chi connectivity index (χ0v) is 17.4. The summed E-state index contributed by atoms with van der Waals surface area (Å²) in [4.78, 5) is 14.5.